The predicted molar refractivity (Wildman–Crippen MR) is 45.6 cm³/mol. The van der Waals surface area contributed by atoms with E-state index in [-0.39, 0.29) is 6.61 Å². The molecule has 0 aromatic rings. The lowest BCUT2D eigenvalue weighted by Crippen LogP contribution is -2.12. The number of hydrogen-bond acceptors (Lipinski definition) is 3. The van der Waals surface area contributed by atoms with Crippen molar-refractivity contribution in [3.8, 4) is 12.3 Å². The number of carbonyl (C=O) groups is 1. The van der Waals surface area contributed by atoms with Crippen LogP contribution >= 0.6 is 0 Å². The van der Waals surface area contributed by atoms with Crippen molar-refractivity contribution in [3.63, 3.8) is 0 Å². The highest BCUT2D eigenvalue weighted by Gasteiger charge is 2.03. The molecule has 0 bridgehead atoms. The number of ether oxygens (including phenoxy) is 2. The van der Waals surface area contributed by atoms with E-state index in [4.69, 9.17) is 11.2 Å². The molecule has 0 aliphatic carbocycles. The molecule has 0 aromatic carbocycles. The van der Waals surface area contributed by atoms with Crippen molar-refractivity contribution in [1.82, 2.24) is 0 Å². The Balaban J connectivity index is 3.29. The zero-order valence-corrected chi connectivity index (χ0v) is 7.50. The van der Waals surface area contributed by atoms with Crippen molar-refractivity contribution >= 4 is 6.16 Å². The van der Waals surface area contributed by atoms with Gasteiger partial charge in [-0.25, -0.2) is 4.79 Å². The highest BCUT2D eigenvalue weighted by molar-refractivity contribution is 5.59. The van der Waals surface area contributed by atoms with Crippen molar-refractivity contribution in [1.29, 1.82) is 0 Å². The van der Waals surface area contributed by atoms with Crippen molar-refractivity contribution < 1.29 is 14.3 Å². The minimum Gasteiger partial charge on any atom is -0.434 e. The Kier molecular flexibility index (Phi) is 5.90. The Labute approximate surface area is 73.0 Å². The molecule has 0 aliphatic rings. The summed E-state index contributed by atoms with van der Waals surface area (Å²) in [7, 11) is 0. The number of rotatable bonds is 4. The fraction of sp³-hybridized carbons (Fsp3) is 0.667. The van der Waals surface area contributed by atoms with Gasteiger partial charge < -0.3 is 9.47 Å². The lowest BCUT2D eigenvalue weighted by Gasteiger charge is -2.06. The lowest BCUT2D eigenvalue weighted by molar-refractivity contribution is 0.0490. The molecule has 0 unspecified atom stereocenters. The SMILES string of the molecule is C#CCCOC(=O)OCC(C)C. The average molecular weight is 170 g/mol. The first-order chi connectivity index (χ1) is 5.66. The first-order valence-electron chi connectivity index (χ1n) is 3.89. The van der Waals surface area contributed by atoms with Gasteiger partial charge in [-0.05, 0) is 5.92 Å². The number of hydrogen-bond donors (Lipinski definition) is 0. The molecular formula is C9H14O3. The van der Waals surface area contributed by atoms with E-state index in [1.807, 2.05) is 13.8 Å². The van der Waals surface area contributed by atoms with Crippen LogP contribution in [0.25, 0.3) is 0 Å². The molecule has 12 heavy (non-hydrogen) atoms. The Morgan fingerprint density at radius 2 is 2.17 bits per heavy atom. The summed E-state index contributed by atoms with van der Waals surface area (Å²) in [6.45, 7) is 4.52. The van der Waals surface area contributed by atoms with Crippen LogP contribution in [-0.2, 0) is 9.47 Å². The molecule has 3 nitrogen and oxygen atoms in total. The zero-order valence-electron chi connectivity index (χ0n) is 7.50. The zero-order chi connectivity index (χ0) is 9.40. The molecule has 0 heterocycles. The van der Waals surface area contributed by atoms with Gasteiger partial charge in [-0.15, -0.1) is 12.3 Å². The Hall–Kier alpha value is -1.17. The Morgan fingerprint density at radius 3 is 2.67 bits per heavy atom. The van der Waals surface area contributed by atoms with E-state index in [9.17, 15) is 4.79 Å². The Morgan fingerprint density at radius 1 is 1.50 bits per heavy atom. The van der Waals surface area contributed by atoms with Crippen molar-refractivity contribution in [3.05, 3.63) is 0 Å². The van der Waals surface area contributed by atoms with Gasteiger partial charge >= 0.3 is 6.16 Å². The highest BCUT2D eigenvalue weighted by atomic mass is 16.7. The van der Waals surface area contributed by atoms with Crippen LogP contribution in [-0.4, -0.2) is 19.4 Å². The topological polar surface area (TPSA) is 35.5 Å². The van der Waals surface area contributed by atoms with Crippen molar-refractivity contribution in [2.75, 3.05) is 13.2 Å². The standard InChI is InChI=1S/C9H14O3/c1-4-5-6-11-9(10)12-7-8(2)3/h1,8H,5-7H2,2-3H3. The molecule has 0 saturated heterocycles. The molecule has 0 atom stereocenters. The highest BCUT2D eigenvalue weighted by Crippen LogP contribution is 1.95. The van der Waals surface area contributed by atoms with E-state index in [0.717, 1.165) is 0 Å². The second-order valence-electron chi connectivity index (χ2n) is 2.76. The van der Waals surface area contributed by atoms with Crippen LogP contribution in [0.4, 0.5) is 4.79 Å². The minimum absolute atomic E-state index is 0.230. The quantitative estimate of drug-likeness (QED) is 0.367. The maximum absolute atomic E-state index is 10.7. The largest absolute Gasteiger partial charge is 0.508 e. The third kappa shape index (κ3) is 6.94. The van der Waals surface area contributed by atoms with Gasteiger partial charge in [0.15, 0.2) is 0 Å². The fourth-order valence-corrected chi connectivity index (χ4v) is 0.470. The van der Waals surface area contributed by atoms with Crippen LogP contribution in [0, 0.1) is 18.3 Å². The molecule has 0 aromatic heterocycles. The third-order valence-electron chi connectivity index (χ3n) is 1.00. The van der Waals surface area contributed by atoms with E-state index in [1.165, 1.54) is 0 Å². The summed E-state index contributed by atoms with van der Waals surface area (Å²) in [6.07, 6.45) is 4.74. The van der Waals surface area contributed by atoms with Crippen LogP contribution in [0.5, 0.6) is 0 Å². The maximum Gasteiger partial charge on any atom is 0.508 e. The predicted octanol–water partition coefficient (Wildman–Crippen LogP) is 1.82. The summed E-state index contributed by atoms with van der Waals surface area (Å²) in [4.78, 5) is 10.7. The molecular weight excluding hydrogens is 156 g/mol. The molecule has 0 radical (unpaired) electrons. The number of carbonyl (C=O) groups excluding carboxylic acids is 1. The molecule has 0 fully saturated rings. The van der Waals surface area contributed by atoms with Gasteiger partial charge in [-0.1, -0.05) is 13.8 Å². The second kappa shape index (κ2) is 6.53. The lowest BCUT2D eigenvalue weighted by atomic mass is 10.2. The maximum atomic E-state index is 10.7. The van der Waals surface area contributed by atoms with Gasteiger partial charge in [0.1, 0.15) is 6.61 Å². The van der Waals surface area contributed by atoms with E-state index < -0.39 is 6.16 Å². The molecule has 68 valence electrons. The average Bonchev–Trinajstić information content (AvgIpc) is 2.01. The summed E-state index contributed by atoms with van der Waals surface area (Å²) in [5.41, 5.74) is 0. The van der Waals surface area contributed by atoms with E-state index >= 15 is 0 Å². The van der Waals surface area contributed by atoms with Crippen molar-refractivity contribution in [2.24, 2.45) is 5.92 Å². The second-order valence-corrected chi connectivity index (χ2v) is 2.76. The van der Waals surface area contributed by atoms with Gasteiger partial charge in [-0.2, -0.15) is 0 Å². The van der Waals surface area contributed by atoms with E-state index in [2.05, 4.69) is 10.7 Å². The molecule has 0 amide bonds. The van der Waals surface area contributed by atoms with Crippen LogP contribution in [0.3, 0.4) is 0 Å². The van der Waals surface area contributed by atoms with Gasteiger partial charge in [0.25, 0.3) is 0 Å². The first kappa shape index (κ1) is 10.8. The third-order valence-corrected chi connectivity index (χ3v) is 1.00. The molecule has 0 spiro atoms. The first-order valence-corrected chi connectivity index (χ1v) is 3.89. The van der Waals surface area contributed by atoms with Crippen LogP contribution in [0.2, 0.25) is 0 Å². The summed E-state index contributed by atoms with van der Waals surface area (Å²) in [5.74, 6) is 2.68. The number of terminal acetylenes is 1. The molecule has 0 N–H and O–H groups in total. The minimum atomic E-state index is -0.640. The van der Waals surface area contributed by atoms with Crippen LogP contribution < -0.4 is 0 Å². The van der Waals surface area contributed by atoms with Crippen LogP contribution in [0.1, 0.15) is 20.3 Å². The van der Waals surface area contributed by atoms with Gasteiger partial charge in [-0.3, -0.25) is 0 Å². The summed E-state index contributed by atoms with van der Waals surface area (Å²) in [6, 6.07) is 0. The molecule has 0 saturated carbocycles. The normalized spacial score (nSPS) is 9.17. The Bertz CT molecular complexity index is 167. The van der Waals surface area contributed by atoms with Gasteiger partial charge in [0.05, 0.1) is 6.61 Å². The summed E-state index contributed by atoms with van der Waals surface area (Å²) in [5, 5.41) is 0. The molecule has 0 rings (SSSR count). The van der Waals surface area contributed by atoms with Crippen molar-refractivity contribution in [2.45, 2.75) is 20.3 Å². The summed E-state index contributed by atoms with van der Waals surface area (Å²) >= 11 is 0. The molecule has 3 heteroatoms. The van der Waals surface area contributed by atoms with Crippen LogP contribution in [0.15, 0.2) is 0 Å². The van der Waals surface area contributed by atoms with Gasteiger partial charge in [0.2, 0.25) is 0 Å². The van der Waals surface area contributed by atoms with E-state index in [1.54, 1.807) is 0 Å². The fourth-order valence-electron chi connectivity index (χ4n) is 0.470. The van der Waals surface area contributed by atoms with Gasteiger partial charge in [0, 0.05) is 6.42 Å². The smallest absolute Gasteiger partial charge is 0.434 e. The molecule has 0 aliphatic heterocycles. The summed E-state index contributed by atoms with van der Waals surface area (Å²) < 4.78 is 9.35. The van der Waals surface area contributed by atoms with E-state index in [0.29, 0.717) is 18.9 Å². The monoisotopic (exact) mass is 170 g/mol.